The summed E-state index contributed by atoms with van der Waals surface area (Å²) < 4.78 is 22.4. The zero-order chi connectivity index (χ0) is 9.53. The highest BCUT2D eigenvalue weighted by Crippen LogP contribution is 2.59. The van der Waals surface area contributed by atoms with E-state index >= 15 is 0 Å². The van der Waals surface area contributed by atoms with Gasteiger partial charge in [0.25, 0.3) is 0 Å². The Morgan fingerprint density at radius 1 is 1.38 bits per heavy atom. The molecule has 2 rings (SSSR count). The fourth-order valence-electron chi connectivity index (χ4n) is 2.52. The van der Waals surface area contributed by atoms with Crippen LogP contribution in [-0.2, 0) is 9.84 Å². The van der Waals surface area contributed by atoms with Crippen LogP contribution < -0.4 is 5.32 Å². The van der Waals surface area contributed by atoms with Gasteiger partial charge in [-0.1, -0.05) is 0 Å². The van der Waals surface area contributed by atoms with E-state index in [2.05, 4.69) is 5.32 Å². The van der Waals surface area contributed by atoms with Gasteiger partial charge < -0.3 is 5.32 Å². The summed E-state index contributed by atoms with van der Waals surface area (Å²) in [5.74, 6) is 1.59. The standard InChI is InChI=1S/C9H17NO2S/c1-10-7-8-6-9(8)2-4-13(11,12)5-3-9/h8,10H,2-7H2,1H3. The molecule has 1 saturated heterocycles. The monoisotopic (exact) mass is 203 g/mol. The van der Waals surface area contributed by atoms with E-state index in [0.717, 1.165) is 25.3 Å². The molecule has 2 fully saturated rings. The maximum Gasteiger partial charge on any atom is 0.150 e. The molecule has 0 bridgehead atoms. The summed E-state index contributed by atoms with van der Waals surface area (Å²) in [7, 11) is -0.709. The van der Waals surface area contributed by atoms with Crippen LogP contribution in [0.25, 0.3) is 0 Å². The van der Waals surface area contributed by atoms with Gasteiger partial charge in [0.2, 0.25) is 0 Å². The Morgan fingerprint density at radius 2 is 2.00 bits per heavy atom. The third kappa shape index (κ3) is 1.74. The van der Waals surface area contributed by atoms with Gasteiger partial charge in [0.1, 0.15) is 9.84 Å². The Labute approximate surface area is 79.8 Å². The number of rotatable bonds is 2. The van der Waals surface area contributed by atoms with Crippen LogP contribution in [0.2, 0.25) is 0 Å². The largest absolute Gasteiger partial charge is 0.319 e. The summed E-state index contributed by atoms with van der Waals surface area (Å²) in [4.78, 5) is 0. The minimum atomic E-state index is -2.67. The summed E-state index contributed by atoms with van der Waals surface area (Å²) >= 11 is 0. The van der Waals surface area contributed by atoms with E-state index in [1.807, 2.05) is 7.05 Å². The van der Waals surface area contributed by atoms with Gasteiger partial charge in [0.15, 0.2) is 0 Å². The number of hydrogen-bond donors (Lipinski definition) is 1. The number of hydrogen-bond acceptors (Lipinski definition) is 3. The summed E-state index contributed by atoms with van der Waals surface area (Å²) in [6.45, 7) is 1.06. The molecule has 76 valence electrons. The fraction of sp³-hybridized carbons (Fsp3) is 1.00. The van der Waals surface area contributed by atoms with Crippen molar-refractivity contribution >= 4 is 9.84 Å². The summed E-state index contributed by atoms with van der Waals surface area (Å²) in [5, 5.41) is 3.17. The molecule has 0 aromatic carbocycles. The average Bonchev–Trinajstić information content (AvgIpc) is 2.73. The molecule has 3 nitrogen and oxygen atoms in total. The Balaban J connectivity index is 1.93. The molecule has 0 aromatic rings. The van der Waals surface area contributed by atoms with E-state index in [-0.39, 0.29) is 0 Å². The lowest BCUT2D eigenvalue weighted by Gasteiger charge is -2.22. The molecular weight excluding hydrogens is 186 g/mol. The summed E-state index contributed by atoms with van der Waals surface area (Å²) in [5.41, 5.74) is 0.411. The van der Waals surface area contributed by atoms with E-state index in [9.17, 15) is 8.42 Å². The minimum Gasteiger partial charge on any atom is -0.319 e. The molecule has 1 heterocycles. The molecule has 1 N–H and O–H groups in total. The highest BCUT2D eigenvalue weighted by Gasteiger charge is 2.55. The van der Waals surface area contributed by atoms with E-state index in [1.165, 1.54) is 6.42 Å². The lowest BCUT2D eigenvalue weighted by molar-refractivity contribution is 0.399. The maximum absolute atomic E-state index is 11.2. The van der Waals surface area contributed by atoms with Crippen LogP contribution >= 0.6 is 0 Å². The lowest BCUT2D eigenvalue weighted by atomic mass is 9.96. The number of nitrogens with one attached hydrogen (secondary N) is 1. The van der Waals surface area contributed by atoms with Crippen molar-refractivity contribution in [1.82, 2.24) is 5.32 Å². The second-order valence-electron chi connectivity index (χ2n) is 4.47. The second kappa shape index (κ2) is 2.95. The van der Waals surface area contributed by atoms with Gasteiger partial charge in [-0.15, -0.1) is 0 Å². The van der Waals surface area contributed by atoms with Crippen LogP contribution in [-0.4, -0.2) is 33.5 Å². The van der Waals surface area contributed by atoms with Crippen molar-refractivity contribution < 1.29 is 8.42 Å². The molecule has 1 atom stereocenters. The van der Waals surface area contributed by atoms with Crippen molar-refractivity contribution in [2.24, 2.45) is 11.3 Å². The predicted octanol–water partition coefficient (Wildman–Crippen LogP) is 0.421. The maximum atomic E-state index is 11.2. The summed E-state index contributed by atoms with van der Waals surface area (Å²) in [6, 6.07) is 0. The predicted molar refractivity (Wildman–Crippen MR) is 52.4 cm³/mol. The van der Waals surface area contributed by atoms with Gasteiger partial charge >= 0.3 is 0 Å². The molecule has 13 heavy (non-hydrogen) atoms. The summed E-state index contributed by atoms with van der Waals surface area (Å²) in [6.07, 6.45) is 3.05. The first-order valence-electron chi connectivity index (χ1n) is 4.93. The van der Waals surface area contributed by atoms with Crippen LogP contribution in [0.5, 0.6) is 0 Å². The van der Waals surface area contributed by atoms with Crippen molar-refractivity contribution in [3.8, 4) is 0 Å². The minimum absolute atomic E-state index is 0.411. The van der Waals surface area contributed by atoms with Gasteiger partial charge in [-0.25, -0.2) is 8.42 Å². The smallest absolute Gasteiger partial charge is 0.150 e. The van der Waals surface area contributed by atoms with E-state index in [0.29, 0.717) is 16.9 Å². The van der Waals surface area contributed by atoms with Gasteiger partial charge in [-0.3, -0.25) is 0 Å². The van der Waals surface area contributed by atoms with Crippen LogP contribution in [0.3, 0.4) is 0 Å². The first-order valence-corrected chi connectivity index (χ1v) is 6.75. The molecule has 4 heteroatoms. The Bertz CT molecular complexity index is 283. The SMILES string of the molecule is CNCC1CC12CCS(=O)(=O)CC2. The normalized spacial score (nSPS) is 34.7. The Hall–Kier alpha value is -0.0900. The zero-order valence-corrected chi connectivity index (χ0v) is 8.86. The average molecular weight is 203 g/mol. The highest BCUT2D eigenvalue weighted by atomic mass is 32.2. The zero-order valence-electron chi connectivity index (χ0n) is 8.04. The molecule has 1 saturated carbocycles. The molecule has 1 aliphatic carbocycles. The molecule has 0 amide bonds. The molecule has 0 aromatic heterocycles. The van der Waals surface area contributed by atoms with E-state index in [4.69, 9.17) is 0 Å². The highest BCUT2D eigenvalue weighted by molar-refractivity contribution is 7.91. The van der Waals surface area contributed by atoms with Crippen LogP contribution in [0.1, 0.15) is 19.3 Å². The Kier molecular flexibility index (Phi) is 2.15. The molecular formula is C9H17NO2S. The van der Waals surface area contributed by atoms with Crippen LogP contribution in [0.4, 0.5) is 0 Å². The molecule has 2 aliphatic rings. The van der Waals surface area contributed by atoms with Crippen molar-refractivity contribution in [2.75, 3.05) is 25.1 Å². The quantitative estimate of drug-likeness (QED) is 0.707. The van der Waals surface area contributed by atoms with Gasteiger partial charge in [0.05, 0.1) is 11.5 Å². The van der Waals surface area contributed by atoms with Crippen LogP contribution in [0, 0.1) is 11.3 Å². The third-order valence-electron chi connectivity index (χ3n) is 3.63. The van der Waals surface area contributed by atoms with Gasteiger partial charge in [-0.05, 0) is 44.2 Å². The fourth-order valence-corrected chi connectivity index (χ4v) is 4.16. The van der Waals surface area contributed by atoms with Crippen LogP contribution in [0.15, 0.2) is 0 Å². The number of sulfone groups is 1. The molecule has 1 spiro atoms. The Morgan fingerprint density at radius 3 is 2.54 bits per heavy atom. The van der Waals surface area contributed by atoms with E-state index < -0.39 is 9.84 Å². The third-order valence-corrected chi connectivity index (χ3v) is 5.28. The molecule has 1 aliphatic heterocycles. The first-order chi connectivity index (χ1) is 6.08. The molecule has 0 radical (unpaired) electrons. The van der Waals surface area contributed by atoms with Crippen molar-refractivity contribution in [3.05, 3.63) is 0 Å². The topological polar surface area (TPSA) is 46.2 Å². The van der Waals surface area contributed by atoms with E-state index in [1.54, 1.807) is 0 Å². The second-order valence-corrected chi connectivity index (χ2v) is 6.78. The van der Waals surface area contributed by atoms with Gasteiger partial charge in [-0.2, -0.15) is 0 Å². The van der Waals surface area contributed by atoms with Crippen molar-refractivity contribution in [3.63, 3.8) is 0 Å². The van der Waals surface area contributed by atoms with Crippen molar-refractivity contribution in [1.29, 1.82) is 0 Å². The molecule has 1 unspecified atom stereocenters. The lowest BCUT2D eigenvalue weighted by Crippen LogP contribution is -2.27. The van der Waals surface area contributed by atoms with Crippen molar-refractivity contribution in [2.45, 2.75) is 19.3 Å². The van der Waals surface area contributed by atoms with Gasteiger partial charge in [0, 0.05) is 0 Å². The first kappa shape index (κ1) is 9.46.